The fraction of sp³-hybridized carbons (Fsp3) is 0.625. The van der Waals surface area contributed by atoms with E-state index in [0.717, 1.165) is 11.4 Å². The molecule has 0 radical (unpaired) electrons. The molecule has 0 saturated carbocycles. The number of rotatable bonds is 2. The van der Waals surface area contributed by atoms with Crippen LogP contribution < -0.4 is 5.32 Å². The van der Waals surface area contributed by atoms with Gasteiger partial charge in [-0.25, -0.2) is 0 Å². The normalized spacial score (nSPS) is 20.2. The summed E-state index contributed by atoms with van der Waals surface area (Å²) in [5.74, 6) is -0.00343. The summed E-state index contributed by atoms with van der Waals surface area (Å²) in [5, 5.41) is 3.08. The summed E-state index contributed by atoms with van der Waals surface area (Å²) >= 11 is 0. The van der Waals surface area contributed by atoms with Crippen molar-refractivity contribution in [3.05, 3.63) is 23.5 Å². The van der Waals surface area contributed by atoms with E-state index in [1.807, 2.05) is 52.6 Å². The Hall–Kier alpha value is -1.62. The van der Waals surface area contributed by atoms with Gasteiger partial charge in [0.1, 0.15) is 0 Å². The molecule has 0 bridgehead atoms. The zero-order valence-corrected chi connectivity index (χ0v) is 13.8. The van der Waals surface area contributed by atoms with Crippen molar-refractivity contribution < 1.29 is 9.53 Å². The van der Waals surface area contributed by atoms with Crippen molar-refractivity contribution in [2.45, 2.75) is 45.8 Å². The number of nitrogens with one attached hydrogen (secondary N) is 1. The first kappa shape index (κ1) is 15.8. The maximum atomic E-state index is 12.9. The maximum Gasteiger partial charge on any atom is 0.257 e. The van der Waals surface area contributed by atoms with E-state index >= 15 is 0 Å². The maximum absolute atomic E-state index is 12.9. The van der Waals surface area contributed by atoms with Crippen molar-refractivity contribution in [3.8, 4) is 0 Å². The minimum atomic E-state index is -0.352. The molecule has 21 heavy (non-hydrogen) atoms. The van der Waals surface area contributed by atoms with Gasteiger partial charge >= 0.3 is 0 Å². The van der Waals surface area contributed by atoms with Gasteiger partial charge in [-0.3, -0.25) is 9.78 Å². The zero-order chi connectivity index (χ0) is 15.8. The third-order valence-electron chi connectivity index (χ3n) is 3.52. The van der Waals surface area contributed by atoms with Gasteiger partial charge in [0.05, 0.1) is 22.5 Å². The molecule has 0 unspecified atom stereocenters. The van der Waals surface area contributed by atoms with Crippen LogP contribution in [0.2, 0.25) is 0 Å². The van der Waals surface area contributed by atoms with E-state index in [0.29, 0.717) is 18.7 Å². The first-order chi connectivity index (χ1) is 9.63. The monoisotopic (exact) mass is 291 g/mol. The number of aromatic nitrogens is 1. The largest absolute Gasteiger partial charge is 0.387 e. The number of hydrogen-bond acceptors (Lipinski definition) is 4. The number of morpholine rings is 1. The summed E-state index contributed by atoms with van der Waals surface area (Å²) in [6, 6.07) is 1.89. The van der Waals surface area contributed by atoms with Gasteiger partial charge in [-0.2, -0.15) is 0 Å². The van der Waals surface area contributed by atoms with Gasteiger partial charge in [0, 0.05) is 32.0 Å². The van der Waals surface area contributed by atoms with Crippen molar-refractivity contribution in [3.63, 3.8) is 0 Å². The van der Waals surface area contributed by atoms with Crippen LogP contribution in [0.4, 0.5) is 5.69 Å². The molecule has 0 atom stereocenters. The van der Waals surface area contributed by atoms with Crippen molar-refractivity contribution in [2.75, 3.05) is 25.5 Å². The van der Waals surface area contributed by atoms with Gasteiger partial charge in [-0.05, 0) is 40.7 Å². The number of nitrogens with zero attached hydrogens (tertiary/aromatic N) is 2. The molecule has 2 heterocycles. The Morgan fingerprint density at radius 3 is 2.38 bits per heavy atom. The fourth-order valence-electron chi connectivity index (χ4n) is 3.04. The summed E-state index contributed by atoms with van der Waals surface area (Å²) in [7, 11) is 1.82. The van der Waals surface area contributed by atoms with E-state index in [-0.39, 0.29) is 17.1 Å². The summed E-state index contributed by atoms with van der Waals surface area (Å²) in [4.78, 5) is 19.0. The lowest BCUT2D eigenvalue weighted by molar-refractivity contribution is -0.171. The van der Waals surface area contributed by atoms with Crippen molar-refractivity contribution in [1.29, 1.82) is 0 Å². The molecule has 1 amide bonds. The van der Waals surface area contributed by atoms with E-state index < -0.39 is 0 Å². The summed E-state index contributed by atoms with van der Waals surface area (Å²) < 4.78 is 6.03. The number of carbonyl (C=O) groups excluding carboxylic acids is 1. The zero-order valence-electron chi connectivity index (χ0n) is 13.8. The number of hydrogen-bond donors (Lipinski definition) is 1. The lowest BCUT2D eigenvalue weighted by Gasteiger charge is -2.47. The third-order valence-corrected chi connectivity index (χ3v) is 3.52. The van der Waals surface area contributed by atoms with Gasteiger partial charge in [0.15, 0.2) is 0 Å². The Morgan fingerprint density at radius 1 is 1.29 bits per heavy atom. The summed E-state index contributed by atoms with van der Waals surface area (Å²) in [5.41, 5.74) is 1.61. The van der Waals surface area contributed by atoms with Crippen LogP contribution in [0.3, 0.4) is 0 Å². The Kier molecular flexibility index (Phi) is 3.97. The lowest BCUT2D eigenvalue weighted by atomic mass is 9.98. The number of ether oxygens (including phenoxy) is 1. The van der Waals surface area contributed by atoms with Gasteiger partial charge in [-0.1, -0.05) is 0 Å². The Bertz CT molecular complexity index is 536. The highest BCUT2D eigenvalue weighted by Gasteiger charge is 2.40. The highest BCUT2D eigenvalue weighted by Crippen LogP contribution is 2.30. The smallest absolute Gasteiger partial charge is 0.257 e. The quantitative estimate of drug-likeness (QED) is 0.909. The minimum Gasteiger partial charge on any atom is -0.387 e. The molecule has 1 aromatic heterocycles. The number of anilines is 1. The second-order valence-electron chi connectivity index (χ2n) is 6.90. The molecule has 1 aliphatic rings. The van der Waals surface area contributed by atoms with Gasteiger partial charge in [0.25, 0.3) is 5.91 Å². The first-order valence-electron chi connectivity index (χ1n) is 7.27. The van der Waals surface area contributed by atoms with Gasteiger partial charge in [0.2, 0.25) is 0 Å². The number of pyridine rings is 1. The highest BCUT2D eigenvalue weighted by atomic mass is 16.5. The van der Waals surface area contributed by atoms with Crippen molar-refractivity contribution in [2.24, 2.45) is 0 Å². The van der Waals surface area contributed by atoms with Crippen molar-refractivity contribution >= 4 is 11.6 Å². The molecule has 1 saturated heterocycles. The van der Waals surface area contributed by atoms with E-state index in [1.165, 1.54) is 0 Å². The molecule has 116 valence electrons. The van der Waals surface area contributed by atoms with Crippen LogP contribution in [-0.4, -0.2) is 47.1 Å². The Labute approximate surface area is 126 Å². The average molecular weight is 291 g/mol. The number of carbonyl (C=O) groups is 1. The van der Waals surface area contributed by atoms with E-state index in [2.05, 4.69) is 10.3 Å². The topological polar surface area (TPSA) is 54.5 Å². The van der Waals surface area contributed by atoms with Crippen LogP contribution in [0, 0.1) is 6.92 Å². The number of amides is 1. The average Bonchev–Trinajstić information content (AvgIpc) is 2.34. The molecule has 5 heteroatoms. The molecule has 0 aromatic carbocycles. The lowest BCUT2D eigenvalue weighted by Crippen LogP contribution is -2.58. The second kappa shape index (κ2) is 5.30. The van der Waals surface area contributed by atoms with Crippen LogP contribution in [0.25, 0.3) is 0 Å². The molecular weight excluding hydrogens is 266 g/mol. The van der Waals surface area contributed by atoms with Crippen molar-refractivity contribution in [1.82, 2.24) is 9.88 Å². The summed E-state index contributed by atoms with van der Waals surface area (Å²) in [6.45, 7) is 11.1. The molecular formula is C16H25N3O2. The van der Waals surface area contributed by atoms with E-state index in [1.54, 1.807) is 6.20 Å². The molecule has 1 aromatic rings. The van der Waals surface area contributed by atoms with E-state index in [9.17, 15) is 4.79 Å². The van der Waals surface area contributed by atoms with Gasteiger partial charge in [-0.15, -0.1) is 0 Å². The molecule has 1 aliphatic heterocycles. The van der Waals surface area contributed by atoms with Gasteiger partial charge < -0.3 is 15.0 Å². The second-order valence-corrected chi connectivity index (χ2v) is 6.90. The SMILES string of the molecule is CNc1cc(C)ncc1C(=O)N1CC(C)(C)OC(C)(C)C1. The highest BCUT2D eigenvalue weighted by molar-refractivity contribution is 5.99. The van der Waals surface area contributed by atoms with Crippen LogP contribution in [0.15, 0.2) is 12.3 Å². The minimum absolute atomic E-state index is 0.00343. The fourth-order valence-corrected chi connectivity index (χ4v) is 3.04. The summed E-state index contributed by atoms with van der Waals surface area (Å²) in [6.07, 6.45) is 1.65. The standard InChI is InChI=1S/C16H25N3O2/c1-11-7-13(17-6)12(8-18-11)14(20)19-9-15(2,3)21-16(4,5)10-19/h7-8H,9-10H2,1-6H3,(H,17,18). The molecule has 5 nitrogen and oxygen atoms in total. The Morgan fingerprint density at radius 2 is 1.86 bits per heavy atom. The molecule has 1 N–H and O–H groups in total. The van der Waals surface area contributed by atoms with Crippen LogP contribution in [0.1, 0.15) is 43.7 Å². The van der Waals surface area contributed by atoms with E-state index in [4.69, 9.17) is 4.74 Å². The molecule has 1 fully saturated rings. The number of aryl methyl sites for hydroxylation is 1. The van der Waals surface area contributed by atoms with Crippen LogP contribution in [-0.2, 0) is 4.74 Å². The van der Waals surface area contributed by atoms with Crippen LogP contribution in [0.5, 0.6) is 0 Å². The predicted molar refractivity (Wildman–Crippen MR) is 83.7 cm³/mol. The first-order valence-corrected chi connectivity index (χ1v) is 7.27. The predicted octanol–water partition coefficient (Wildman–Crippen LogP) is 2.46. The van der Waals surface area contributed by atoms with Crippen LogP contribution >= 0.6 is 0 Å². The Balaban J connectivity index is 2.31. The molecule has 2 rings (SSSR count). The molecule has 0 aliphatic carbocycles. The third kappa shape index (κ3) is 3.53. The molecule has 0 spiro atoms.